The van der Waals surface area contributed by atoms with E-state index >= 15 is 0 Å². The summed E-state index contributed by atoms with van der Waals surface area (Å²) in [6, 6.07) is 3.75. The highest BCUT2D eigenvalue weighted by Crippen LogP contribution is 2.53. The Bertz CT molecular complexity index is 866. The summed E-state index contributed by atoms with van der Waals surface area (Å²) in [6.07, 6.45) is -1.06. The van der Waals surface area contributed by atoms with Gasteiger partial charge in [0.05, 0.1) is 0 Å². The number of nitrogens with one attached hydrogen (secondary N) is 1. The van der Waals surface area contributed by atoms with E-state index in [1.165, 1.54) is 13.0 Å². The van der Waals surface area contributed by atoms with Gasteiger partial charge in [-0.2, -0.15) is 0 Å². The number of hydrogen-bond acceptors (Lipinski definition) is 3. The molecule has 1 saturated heterocycles. The summed E-state index contributed by atoms with van der Waals surface area (Å²) in [5.41, 5.74) is -1.73. The molecule has 116 valence electrons. The van der Waals surface area contributed by atoms with Crippen LogP contribution >= 0.6 is 0 Å². The molecule has 4 nitrogen and oxygen atoms in total. The molecule has 1 N–H and O–H groups in total. The molecule has 2 amide bonds. The minimum Gasteiger partial charge on any atom is -0.422 e. The summed E-state index contributed by atoms with van der Waals surface area (Å²) in [5, 5.41) is 1.94. The zero-order valence-electron chi connectivity index (χ0n) is 11.7. The zero-order chi connectivity index (χ0) is 16.5. The number of amides is 2. The van der Waals surface area contributed by atoms with E-state index in [4.69, 9.17) is 4.74 Å². The van der Waals surface area contributed by atoms with E-state index in [-0.39, 0.29) is 22.3 Å². The van der Waals surface area contributed by atoms with Crippen molar-refractivity contribution in [1.29, 1.82) is 0 Å². The van der Waals surface area contributed by atoms with Crippen molar-refractivity contribution in [3.63, 3.8) is 0 Å². The normalized spacial score (nSPS) is 21.2. The van der Waals surface area contributed by atoms with Crippen LogP contribution in [0.4, 0.5) is 18.0 Å². The fourth-order valence-corrected chi connectivity index (χ4v) is 3.35. The molecule has 1 spiro atoms. The van der Waals surface area contributed by atoms with Crippen molar-refractivity contribution in [2.75, 3.05) is 0 Å². The standard InChI is InChI=1S/C16H8F3NO3/c1-6-2-7(17)3-9-12(6)13-10(4-8(18)5-11(13)19)16(9)14(21)20-15(22)23-16/h2-5H,1H3,(H,20,21,22). The first-order chi connectivity index (χ1) is 10.8. The number of alkyl carbamates (subject to hydrolysis) is 1. The summed E-state index contributed by atoms with van der Waals surface area (Å²) in [7, 11) is 0. The van der Waals surface area contributed by atoms with E-state index < -0.39 is 35.1 Å². The smallest absolute Gasteiger partial charge is 0.415 e. The third-order valence-electron chi connectivity index (χ3n) is 4.15. The minimum absolute atomic E-state index is 0.0159. The third-order valence-corrected chi connectivity index (χ3v) is 4.15. The molecule has 0 radical (unpaired) electrons. The van der Waals surface area contributed by atoms with Gasteiger partial charge in [0.1, 0.15) is 17.5 Å². The maximum absolute atomic E-state index is 14.4. The summed E-state index contributed by atoms with van der Waals surface area (Å²) in [6.45, 7) is 1.53. The molecule has 1 fully saturated rings. The number of halogens is 3. The number of carbonyl (C=O) groups is 2. The van der Waals surface area contributed by atoms with Gasteiger partial charge in [-0.05, 0) is 36.2 Å². The molecular formula is C16H8F3NO3. The van der Waals surface area contributed by atoms with E-state index in [9.17, 15) is 22.8 Å². The van der Waals surface area contributed by atoms with Crippen molar-refractivity contribution < 1.29 is 27.5 Å². The molecule has 1 aliphatic carbocycles. The topological polar surface area (TPSA) is 55.4 Å². The van der Waals surface area contributed by atoms with E-state index in [0.717, 1.165) is 12.1 Å². The van der Waals surface area contributed by atoms with Gasteiger partial charge < -0.3 is 4.74 Å². The second kappa shape index (κ2) is 4.13. The van der Waals surface area contributed by atoms with Crippen LogP contribution in [0.15, 0.2) is 24.3 Å². The van der Waals surface area contributed by atoms with Gasteiger partial charge in [0.25, 0.3) is 5.91 Å². The first kappa shape index (κ1) is 13.8. The second-order valence-corrected chi connectivity index (χ2v) is 5.48. The molecule has 23 heavy (non-hydrogen) atoms. The Balaban J connectivity index is 2.20. The monoisotopic (exact) mass is 319 g/mol. The van der Waals surface area contributed by atoms with Crippen molar-refractivity contribution in [3.8, 4) is 11.1 Å². The Morgan fingerprint density at radius 1 is 0.957 bits per heavy atom. The average molecular weight is 319 g/mol. The van der Waals surface area contributed by atoms with Crippen molar-refractivity contribution >= 4 is 12.0 Å². The van der Waals surface area contributed by atoms with Crippen LogP contribution in [0.2, 0.25) is 0 Å². The van der Waals surface area contributed by atoms with Crippen molar-refractivity contribution in [2.24, 2.45) is 0 Å². The lowest BCUT2D eigenvalue weighted by atomic mass is 9.90. The van der Waals surface area contributed by atoms with E-state index in [1.54, 1.807) is 0 Å². The van der Waals surface area contributed by atoms with E-state index in [2.05, 4.69) is 0 Å². The first-order valence-electron chi connectivity index (χ1n) is 6.69. The number of imide groups is 1. The number of aryl methyl sites for hydroxylation is 1. The van der Waals surface area contributed by atoms with Gasteiger partial charge in [0.2, 0.25) is 5.60 Å². The molecule has 2 aromatic rings. The van der Waals surface area contributed by atoms with Crippen LogP contribution in [0.1, 0.15) is 16.7 Å². The maximum Gasteiger partial charge on any atom is 0.415 e. The van der Waals surface area contributed by atoms with Crippen LogP contribution in [0.5, 0.6) is 0 Å². The predicted molar refractivity (Wildman–Crippen MR) is 71.9 cm³/mol. The SMILES string of the molecule is Cc1cc(F)cc2c1-c1c(F)cc(F)cc1C21OC(=O)NC1=O. The van der Waals surface area contributed by atoms with Gasteiger partial charge in [0.15, 0.2) is 0 Å². The Kier molecular flexibility index (Phi) is 2.48. The Labute approximate surface area is 127 Å². The summed E-state index contributed by atoms with van der Waals surface area (Å²) in [4.78, 5) is 23.9. The van der Waals surface area contributed by atoms with Gasteiger partial charge in [-0.25, -0.2) is 18.0 Å². The largest absolute Gasteiger partial charge is 0.422 e. The van der Waals surface area contributed by atoms with Crippen LogP contribution in [0, 0.1) is 24.4 Å². The minimum atomic E-state index is -2.07. The molecule has 1 heterocycles. The van der Waals surface area contributed by atoms with Crippen LogP contribution in [0.3, 0.4) is 0 Å². The van der Waals surface area contributed by atoms with Crippen molar-refractivity contribution in [3.05, 3.63) is 58.4 Å². The highest BCUT2D eigenvalue weighted by atomic mass is 19.1. The molecule has 2 aromatic carbocycles. The highest BCUT2D eigenvalue weighted by Gasteiger charge is 2.58. The number of hydrogen-bond donors (Lipinski definition) is 1. The first-order valence-corrected chi connectivity index (χ1v) is 6.69. The summed E-state index contributed by atoms with van der Waals surface area (Å²) < 4.78 is 47.0. The van der Waals surface area contributed by atoms with Crippen LogP contribution in [-0.2, 0) is 15.1 Å². The average Bonchev–Trinajstić information content (AvgIpc) is 2.88. The lowest BCUT2D eigenvalue weighted by molar-refractivity contribution is -0.128. The number of rotatable bonds is 0. The lowest BCUT2D eigenvalue weighted by Gasteiger charge is -2.21. The zero-order valence-corrected chi connectivity index (χ0v) is 11.7. The number of benzene rings is 2. The number of carbonyl (C=O) groups excluding carboxylic acids is 2. The fraction of sp³-hybridized carbons (Fsp3) is 0.125. The number of fused-ring (bicyclic) bond motifs is 5. The summed E-state index contributed by atoms with van der Waals surface area (Å²) >= 11 is 0. The quantitative estimate of drug-likeness (QED) is 0.812. The van der Waals surface area contributed by atoms with Gasteiger partial charge in [0, 0.05) is 22.8 Å². The Morgan fingerprint density at radius 2 is 1.57 bits per heavy atom. The molecule has 0 saturated carbocycles. The van der Waals surface area contributed by atoms with Gasteiger partial charge in [-0.1, -0.05) is 0 Å². The van der Waals surface area contributed by atoms with Gasteiger partial charge >= 0.3 is 6.09 Å². The van der Waals surface area contributed by atoms with Gasteiger partial charge in [-0.3, -0.25) is 10.1 Å². The highest BCUT2D eigenvalue weighted by molar-refractivity contribution is 6.10. The fourth-order valence-electron chi connectivity index (χ4n) is 3.35. The van der Waals surface area contributed by atoms with Crippen LogP contribution in [0.25, 0.3) is 11.1 Å². The molecule has 4 rings (SSSR count). The molecule has 1 unspecified atom stereocenters. The molecule has 2 aliphatic rings. The third kappa shape index (κ3) is 1.56. The summed E-state index contributed by atoms with van der Waals surface area (Å²) in [5.74, 6) is -3.42. The molecule has 0 aromatic heterocycles. The van der Waals surface area contributed by atoms with Crippen molar-refractivity contribution in [1.82, 2.24) is 5.32 Å². The predicted octanol–water partition coefficient (Wildman–Crippen LogP) is 2.90. The molecule has 1 atom stereocenters. The van der Waals surface area contributed by atoms with Crippen molar-refractivity contribution in [2.45, 2.75) is 12.5 Å². The van der Waals surface area contributed by atoms with Crippen LogP contribution < -0.4 is 5.32 Å². The molecular weight excluding hydrogens is 311 g/mol. The molecule has 0 bridgehead atoms. The Hall–Kier alpha value is -2.83. The molecule has 1 aliphatic heterocycles. The molecule has 7 heteroatoms. The van der Waals surface area contributed by atoms with Gasteiger partial charge in [-0.15, -0.1) is 0 Å². The second-order valence-electron chi connectivity index (χ2n) is 5.48. The van der Waals surface area contributed by atoms with E-state index in [0.29, 0.717) is 11.6 Å². The maximum atomic E-state index is 14.4. The lowest BCUT2D eigenvalue weighted by Crippen LogP contribution is -2.36. The van der Waals surface area contributed by atoms with E-state index in [1.807, 2.05) is 5.32 Å². The Morgan fingerprint density at radius 3 is 2.17 bits per heavy atom. The number of ether oxygens (including phenoxy) is 1. The van der Waals surface area contributed by atoms with Crippen LogP contribution in [-0.4, -0.2) is 12.0 Å².